The second kappa shape index (κ2) is 5.61. The van der Waals surface area contributed by atoms with Gasteiger partial charge in [0.05, 0.1) is 0 Å². The van der Waals surface area contributed by atoms with E-state index in [-0.39, 0.29) is 0 Å². The second-order valence-electron chi connectivity index (χ2n) is 3.58. The Morgan fingerprint density at radius 3 is 1.00 bits per heavy atom. The molecular formula is C6H14I4Si2. The van der Waals surface area contributed by atoms with Crippen molar-refractivity contribution in [3.8, 4) is 0 Å². The molecule has 0 radical (unpaired) electrons. The summed E-state index contributed by atoms with van der Waals surface area (Å²) in [6.45, 7) is 9.65. The highest BCUT2D eigenvalue weighted by Gasteiger charge is 2.53. The molecule has 0 fully saturated rings. The first-order valence-corrected chi connectivity index (χ1v) is 21.5. The van der Waals surface area contributed by atoms with Gasteiger partial charge in [0.25, 0.3) is 0.0813 Å². The molecule has 0 N–H and O–H groups in total. The molecule has 74 valence electrons. The molecule has 0 aliphatic rings. The second-order valence-corrected chi connectivity index (χ2v) is 63.9. The molecule has 0 bridgehead atoms. The molecule has 0 aliphatic heterocycles. The lowest BCUT2D eigenvalue weighted by Crippen LogP contribution is -2.50. The Bertz CT molecular complexity index is 144. The van der Waals surface area contributed by atoms with Gasteiger partial charge in [0.1, 0.15) is 0 Å². The van der Waals surface area contributed by atoms with Gasteiger partial charge in [-0.05, 0) is 11.1 Å². The van der Waals surface area contributed by atoms with Gasteiger partial charge in [-0.2, -0.15) is 0 Å². The van der Waals surface area contributed by atoms with Crippen LogP contribution in [-0.4, -0.2) is 5.17 Å². The van der Waals surface area contributed by atoms with Gasteiger partial charge in [0, 0.05) is 0 Å². The topological polar surface area (TPSA) is 0 Å². The molecule has 0 aliphatic carbocycles. The quantitative estimate of drug-likeness (QED) is 0.215. The van der Waals surface area contributed by atoms with Gasteiger partial charge in [0.2, 0.25) is 0 Å². The monoisotopic (exact) mass is 650 g/mol. The highest BCUT2D eigenvalue weighted by molar-refractivity contribution is 14.4. The molecule has 0 unspecified atom stereocenters. The van der Waals surface area contributed by atoms with Crippen molar-refractivity contribution in [2.45, 2.75) is 38.8 Å². The Labute approximate surface area is 128 Å². The van der Waals surface area contributed by atoms with Crippen molar-refractivity contribution < 1.29 is 0 Å². The summed E-state index contributed by atoms with van der Waals surface area (Å²) in [5.41, 5.74) is 1.82. The van der Waals surface area contributed by atoms with Crippen LogP contribution < -0.4 is 0 Å². The molecule has 0 saturated carbocycles. The van der Waals surface area contributed by atoms with Crippen molar-refractivity contribution in [1.29, 1.82) is 0 Å². The maximum absolute atomic E-state index is 2.84. The maximum Gasteiger partial charge on any atom is 0.253 e. The SMILES string of the molecule is CC(C)[Si](I)(C(C)C)[Si](I)(I)I. The summed E-state index contributed by atoms with van der Waals surface area (Å²) in [5.74, 6) is 0. The smallest absolute Gasteiger partial charge is 0.119 e. The zero-order valence-electron chi connectivity index (χ0n) is 7.67. The van der Waals surface area contributed by atoms with Crippen LogP contribution in [0, 0.1) is 0 Å². The van der Waals surface area contributed by atoms with Crippen LogP contribution in [0.5, 0.6) is 0 Å². The Morgan fingerprint density at radius 2 is 1.00 bits per heavy atom. The average molecular weight is 650 g/mol. The zero-order chi connectivity index (χ0) is 10.2. The van der Waals surface area contributed by atoms with E-state index < -0.39 is 5.17 Å². The Balaban J connectivity index is 4.89. The highest BCUT2D eigenvalue weighted by atomic mass is 127. The van der Waals surface area contributed by atoms with Crippen molar-refractivity contribution in [1.82, 2.24) is 0 Å². The Kier molecular flexibility index (Phi) is 7.18. The maximum atomic E-state index is 2.84. The van der Waals surface area contributed by atoms with Crippen LogP contribution in [0.3, 0.4) is 0 Å². The first kappa shape index (κ1) is 15.4. The summed E-state index contributed by atoms with van der Waals surface area (Å²) >= 11 is 11.1. The van der Waals surface area contributed by atoms with Gasteiger partial charge in [0.15, 0.2) is 5.09 Å². The number of hydrogen-bond acceptors (Lipinski definition) is 0. The van der Waals surface area contributed by atoms with Crippen molar-refractivity contribution in [2.24, 2.45) is 0 Å². The minimum atomic E-state index is -1.04. The van der Waals surface area contributed by atoms with Gasteiger partial charge in [-0.3, -0.25) is 0 Å². The lowest BCUT2D eigenvalue weighted by molar-refractivity contribution is 0.957. The molecule has 0 saturated heterocycles. The summed E-state index contributed by atoms with van der Waals surface area (Å²) in [4.78, 5) is 0. The molecule has 0 aromatic rings. The van der Waals surface area contributed by atoms with Crippen LogP contribution in [0.2, 0.25) is 11.1 Å². The van der Waals surface area contributed by atoms with E-state index in [2.05, 4.69) is 115 Å². The van der Waals surface area contributed by atoms with E-state index in [1.54, 1.807) is 0 Å². The fraction of sp³-hybridized carbons (Fsp3) is 1.00. The summed E-state index contributed by atoms with van der Waals surface area (Å²) in [7, 11) is 0. The van der Waals surface area contributed by atoms with E-state index in [0.717, 1.165) is 11.1 Å². The third kappa shape index (κ3) is 3.44. The highest BCUT2D eigenvalue weighted by Crippen LogP contribution is 2.53. The molecule has 0 aromatic heterocycles. The molecule has 0 aromatic carbocycles. The summed E-state index contributed by atoms with van der Waals surface area (Å²) < 4.78 is -1.00. The molecule has 0 atom stereocenters. The van der Waals surface area contributed by atoms with Crippen LogP contribution in [0.1, 0.15) is 27.7 Å². The van der Waals surface area contributed by atoms with Gasteiger partial charge < -0.3 is 0 Å². The molecule has 0 rings (SSSR count). The minimum absolute atomic E-state index is 0.912. The van der Waals surface area contributed by atoms with Gasteiger partial charge in [-0.15, -0.1) is 21.8 Å². The Hall–Kier alpha value is 3.35. The van der Waals surface area contributed by atoms with E-state index >= 15 is 0 Å². The van der Waals surface area contributed by atoms with E-state index in [0.29, 0.717) is 0 Å². The van der Waals surface area contributed by atoms with E-state index in [9.17, 15) is 0 Å². The summed E-state index contributed by atoms with van der Waals surface area (Å²) in [6, 6.07) is 0. The summed E-state index contributed by atoms with van der Waals surface area (Å²) in [6.07, 6.45) is 0. The average Bonchev–Trinajstić information content (AvgIpc) is 1.82. The standard InChI is InChI=1S/C6H14I4Si2/c1-5(2)11(7,6(3)4)12(8,9)10/h5-6H,1-4H3. The molecule has 6 heteroatoms. The van der Waals surface area contributed by atoms with Crippen LogP contribution in [-0.2, 0) is 0 Å². The summed E-state index contributed by atoms with van der Waals surface area (Å²) in [5, 5.41) is -1.04. The lowest BCUT2D eigenvalue weighted by Gasteiger charge is -2.38. The van der Waals surface area contributed by atoms with Crippen LogP contribution in [0.25, 0.3) is 0 Å². The number of rotatable bonds is 3. The molecular weight excluding hydrogens is 636 g/mol. The predicted octanol–water partition coefficient (Wildman–Crippen LogP) is 5.51. The van der Waals surface area contributed by atoms with Crippen molar-refractivity contribution in [2.75, 3.05) is 0 Å². The first-order valence-electron chi connectivity index (χ1n) is 3.89. The van der Waals surface area contributed by atoms with Crippen molar-refractivity contribution in [3.63, 3.8) is 0 Å². The predicted molar refractivity (Wildman–Crippen MR) is 97.8 cm³/mol. The largest absolute Gasteiger partial charge is 0.253 e. The molecule has 12 heavy (non-hydrogen) atoms. The minimum Gasteiger partial charge on any atom is -0.119 e. The van der Waals surface area contributed by atoms with Crippen LogP contribution in [0.15, 0.2) is 0 Å². The third-order valence-electron chi connectivity index (χ3n) is 2.11. The normalized spacial score (nSPS) is 14.5. The fourth-order valence-electron chi connectivity index (χ4n) is 1.32. The van der Waals surface area contributed by atoms with Crippen molar-refractivity contribution in [3.05, 3.63) is 0 Å². The Morgan fingerprint density at radius 1 is 0.750 bits per heavy atom. The molecule has 0 heterocycles. The number of halogens is 4. The van der Waals surface area contributed by atoms with E-state index in [1.807, 2.05) is 0 Å². The molecule has 0 amide bonds. The zero-order valence-corrected chi connectivity index (χ0v) is 18.3. The van der Waals surface area contributed by atoms with Gasteiger partial charge in [-0.25, -0.2) is 0 Å². The first-order chi connectivity index (χ1) is 5.14. The van der Waals surface area contributed by atoms with Crippen LogP contribution in [0.4, 0.5) is 0 Å². The third-order valence-corrected chi connectivity index (χ3v) is 79.1. The van der Waals surface area contributed by atoms with E-state index in [4.69, 9.17) is 0 Å². The van der Waals surface area contributed by atoms with Gasteiger partial charge >= 0.3 is 0 Å². The fourth-order valence-corrected chi connectivity index (χ4v) is 41.5. The molecule has 0 nitrogen and oxygen atoms in total. The van der Waals surface area contributed by atoms with Gasteiger partial charge in [-0.1, -0.05) is 93.1 Å². The lowest BCUT2D eigenvalue weighted by atomic mass is 10.5. The van der Waals surface area contributed by atoms with Crippen LogP contribution >= 0.6 is 87.2 Å². The molecule has 0 spiro atoms. The van der Waals surface area contributed by atoms with Crippen molar-refractivity contribution >= 4 is 92.4 Å². The van der Waals surface area contributed by atoms with E-state index in [1.165, 1.54) is 0 Å². The number of hydrogen-bond donors (Lipinski definition) is 0.